The lowest BCUT2D eigenvalue weighted by molar-refractivity contribution is 0.590. The normalized spacial score (nSPS) is 13.2. The van der Waals surface area contributed by atoms with Crippen LogP contribution in [0.3, 0.4) is 0 Å². The third-order valence-electron chi connectivity index (χ3n) is 4.18. The molecule has 4 heteroatoms. The minimum atomic E-state index is -0.328. The Morgan fingerprint density at radius 1 is 0.692 bits per heavy atom. The Kier molecular flexibility index (Phi) is 4.76. The van der Waals surface area contributed by atoms with Gasteiger partial charge in [-0.25, -0.2) is 0 Å². The summed E-state index contributed by atoms with van der Waals surface area (Å²) in [5, 5.41) is 0.477. The van der Waals surface area contributed by atoms with E-state index in [4.69, 9.17) is 0 Å². The fraction of sp³-hybridized carbons (Fsp3) is 0.182. The van der Waals surface area contributed by atoms with E-state index in [-0.39, 0.29) is 27.2 Å². The van der Waals surface area contributed by atoms with E-state index in [0.29, 0.717) is 0 Å². The fourth-order valence-electron chi connectivity index (χ4n) is 2.66. The molecule has 0 atom stereocenters. The highest BCUT2D eigenvalue weighted by Gasteiger charge is 2.12. The van der Waals surface area contributed by atoms with E-state index >= 15 is 0 Å². The van der Waals surface area contributed by atoms with Crippen LogP contribution in [0.25, 0.3) is 12.2 Å². The predicted molar refractivity (Wildman–Crippen MR) is 106 cm³/mol. The standard InChI is InChI=1S/C22H22N2O2/c1-22(2,3)17-11-9-16(10-12-17)14-19-21(26)23-18(20(25)24-19)13-15-7-5-4-6-8-15/h4-14H,1-3H3,(H,23,26)(H,24,25). The molecule has 0 aliphatic heterocycles. The Balaban J connectivity index is 2.04. The molecule has 0 aliphatic carbocycles. The van der Waals surface area contributed by atoms with Crippen LogP contribution >= 0.6 is 0 Å². The third kappa shape index (κ3) is 4.09. The molecule has 0 aliphatic rings. The van der Waals surface area contributed by atoms with Gasteiger partial charge in [-0.2, -0.15) is 0 Å². The summed E-state index contributed by atoms with van der Waals surface area (Å²) < 4.78 is 0. The van der Waals surface area contributed by atoms with Crippen molar-refractivity contribution in [3.63, 3.8) is 0 Å². The summed E-state index contributed by atoms with van der Waals surface area (Å²) in [6, 6.07) is 17.4. The molecule has 4 nitrogen and oxygen atoms in total. The van der Waals surface area contributed by atoms with Gasteiger partial charge in [-0.15, -0.1) is 0 Å². The smallest absolute Gasteiger partial charge is 0.272 e. The summed E-state index contributed by atoms with van der Waals surface area (Å²) in [4.78, 5) is 30.0. The van der Waals surface area contributed by atoms with Gasteiger partial charge in [0, 0.05) is 0 Å². The van der Waals surface area contributed by atoms with Crippen LogP contribution in [-0.2, 0) is 5.41 Å². The molecule has 2 aromatic carbocycles. The first kappa shape index (κ1) is 17.7. The van der Waals surface area contributed by atoms with Crippen molar-refractivity contribution in [1.29, 1.82) is 0 Å². The lowest BCUT2D eigenvalue weighted by Crippen LogP contribution is -2.46. The number of rotatable bonds is 2. The van der Waals surface area contributed by atoms with Crippen LogP contribution in [0.15, 0.2) is 64.2 Å². The molecule has 0 fully saturated rings. The number of hydrogen-bond donors (Lipinski definition) is 2. The van der Waals surface area contributed by atoms with E-state index in [0.717, 1.165) is 11.1 Å². The molecule has 0 spiro atoms. The van der Waals surface area contributed by atoms with Crippen LogP contribution in [0.1, 0.15) is 37.5 Å². The van der Waals surface area contributed by atoms with Gasteiger partial charge in [0.05, 0.1) is 0 Å². The van der Waals surface area contributed by atoms with Gasteiger partial charge in [-0.3, -0.25) is 9.59 Å². The number of aromatic nitrogens is 2. The van der Waals surface area contributed by atoms with Crippen molar-refractivity contribution in [3.8, 4) is 0 Å². The summed E-state index contributed by atoms with van der Waals surface area (Å²) >= 11 is 0. The number of aromatic amines is 2. The van der Waals surface area contributed by atoms with Gasteiger partial charge in [0.25, 0.3) is 11.1 Å². The topological polar surface area (TPSA) is 65.7 Å². The van der Waals surface area contributed by atoms with Gasteiger partial charge in [0.15, 0.2) is 0 Å². The Labute approximate surface area is 151 Å². The average Bonchev–Trinajstić information content (AvgIpc) is 2.60. The molecule has 0 amide bonds. The molecule has 2 N–H and O–H groups in total. The van der Waals surface area contributed by atoms with Crippen molar-refractivity contribution in [2.45, 2.75) is 26.2 Å². The summed E-state index contributed by atoms with van der Waals surface area (Å²) in [6.45, 7) is 6.45. The van der Waals surface area contributed by atoms with Gasteiger partial charge < -0.3 is 9.97 Å². The van der Waals surface area contributed by atoms with E-state index < -0.39 is 0 Å². The molecule has 0 saturated heterocycles. The second kappa shape index (κ2) is 7.00. The lowest BCUT2D eigenvalue weighted by atomic mass is 9.87. The second-order valence-corrected chi connectivity index (χ2v) is 7.31. The SMILES string of the molecule is CC(C)(C)c1ccc(C=c2[nH]c(=O)c(=Cc3ccccc3)[nH]c2=O)cc1. The summed E-state index contributed by atoms with van der Waals surface area (Å²) in [5.74, 6) is 0. The molecular formula is C22H22N2O2. The van der Waals surface area contributed by atoms with E-state index in [1.54, 1.807) is 12.2 Å². The monoisotopic (exact) mass is 346 g/mol. The zero-order chi connectivity index (χ0) is 18.7. The van der Waals surface area contributed by atoms with Crippen LogP contribution in [0.2, 0.25) is 0 Å². The van der Waals surface area contributed by atoms with Crippen molar-refractivity contribution in [2.75, 3.05) is 0 Å². The van der Waals surface area contributed by atoms with Crippen molar-refractivity contribution in [1.82, 2.24) is 9.97 Å². The Morgan fingerprint density at radius 2 is 1.15 bits per heavy atom. The van der Waals surface area contributed by atoms with Crippen molar-refractivity contribution < 1.29 is 0 Å². The minimum absolute atomic E-state index is 0.0687. The Hall–Kier alpha value is -3.14. The van der Waals surface area contributed by atoms with Gasteiger partial charge >= 0.3 is 0 Å². The third-order valence-corrected chi connectivity index (χ3v) is 4.18. The van der Waals surface area contributed by atoms with Gasteiger partial charge in [-0.1, -0.05) is 75.4 Å². The molecule has 0 saturated carbocycles. The highest BCUT2D eigenvalue weighted by Crippen LogP contribution is 2.22. The van der Waals surface area contributed by atoms with Crippen molar-refractivity contribution in [3.05, 3.63) is 103 Å². The zero-order valence-corrected chi connectivity index (χ0v) is 15.2. The maximum Gasteiger partial charge on any atom is 0.272 e. The van der Waals surface area contributed by atoms with Gasteiger partial charge in [-0.05, 0) is 34.3 Å². The number of hydrogen-bond acceptors (Lipinski definition) is 2. The molecule has 0 bridgehead atoms. The summed E-state index contributed by atoms with van der Waals surface area (Å²) in [6.07, 6.45) is 3.33. The van der Waals surface area contributed by atoms with E-state index in [1.165, 1.54) is 5.56 Å². The predicted octanol–water partition coefficient (Wildman–Crippen LogP) is 2.02. The molecular weight excluding hydrogens is 324 g/mol. The van der Waals surface area contributed by atoms with Crippen molar-refractivity contribution in [2.24, 2.45) is 0 Å². The van der Waals surface area contributed by atoms with Crippen LogP contribution in [0, 0.1) is 0 Å². The lowest BCUT2D eigenvalue weighted by Gasteiger charge is -2.18. The Bertz CT molecular complexity index is 1130. The zero-order valence-electron chi connectivity index (χ0n) is 15.2. The van der Waals surface area contributed by atoms with Crippen molar-refractivity contribution >= 4 is 12.2 Å². The Morgan fingerprint density at radius 3 is 1.62 bits per heavy atom. The molecule has 132 valence electrons. The van der Waals surface area contributed by atoms with E-state index in [2.05, 4.69) is 30.7 Å². The molecule has 0 radical (unpaired) electrons. The second-order valence-electron chi connectivity index (χ2n) is 7.31. The molecule has 26 heavy (non-hydrogen) atoms. The van der Waals surface area contributed by atoms with Crippen LogP contribution < -0.4 is 21.8 Å². The largest absolute Gasteiger partial charge is 0.316 e. The number of nitrogens with one attached hydrogen (secondary N) is 2. The van der Waals surface area contributed by atoms with E-state index in [9.17, 15) is 9.59 Å². The number of benzene rings is 2. The van der Waals surface area contributed by atoms with E-state index in [1.807, 2.05) is 54.6 Å². The minimum Gasteiger partial charge on any atom is -0.316 e. The van der Waals surface area contributed by atoms with Gasteiger partial charge in [0.1, 0.15) is 10.7 Å². The van der Waals surface area contributed by atoms with Gasteiger partial charge in [0.2, 0.25) is 0 Å². The first-order chi connectivity index (χ1) is 12.3. The molecule has 1 heterocycles. The highest BCUT2D eigenvalue weighted by atomic mass is 16.1. The molecule has 3 aromatic rings. The summed E-state index contributed by atoms with van der Waals surface area (Å²) in [5.41, 5.74) is 2.34. The molecule has 1 aromatic heterocycles. The quantitative estimate of drug-likeness (QED) is 0.746. The fourth-order valence-corrected chi connectivity index (χ4v) is 2.66. The first-order valence-electron chi connectivity index (χ1n) is 8.54. The molecule has 0 unspecified atom stereocenters. The molecule has 3 rings (SSSR count). The maximum absolute atomic E-state index is 12.3. The summed E-state index contributed by atoms with van der Waals surface area (Å²) in [7, 11) is 0. The highest BCUT2D eigenvalue weighted by molar-refractivity contribution is 5.50. The average molecular weight is 346 g/mol. The number of H-pyrrole nitrogens is 2. The maximum atomic E-state index is 12.3. The first-order valence-corrected chi connectivity index (χ1v) is 8.54. The van der Waals surface area contributed by atoms with Crippen LogP contribution in [0.5, 0.6) is 0 Å². The van der Waals surface area contributed by atoms with Crippen LogP contribution in [0.4, 0.5) is 0 Å². The van der Waals surface area contributed by atoms with Crippen LogP contribution in [-0.4, -0.2) is 9.97 Å².